The zero-order valence-electron chi connectivity index (χ0n) is 15.7. The fraction of sp³-hybridized carbons (Fsp3) is 0.263. The first kappa shape index (κ1) is 21.1. The van der Waals surface area contributed by atoms with E-state index in [-0.39, 0.29) is 11.5 Å². The molecule has 0 aliphatic heterocycles. The highest BCUT2D eigenvalue weighted by Crippen LogP contribution is 2.20. The van der Waals surface area contributed by atoms with Gasteiger partial charge in [0.1, 0.15) is 17.8 Å². The fourth-order valence-electron chi connectivity index (χ4n) is 2.28. The van der Waals surface area contributed by atoms with Gasteiger partial charge in [0.05, 0.1) is 0 Å². The number of allylic oxidation sites excluding steroid dienone is 4. The Morgan fingerprint density at radius 2 is 1.89 bits per heavy atom. The molecule has 0 spiro atoms. The number of hydrogen-bond acceptors (Lipinski definition) is 5. The van der Waals surface area contributed by atoms with Crippen LogP contribution in [0.4, 0.5) is 19.1 Å². The van der Waals surface area contributed by atoms with Crippen LogP contribution in [0.15, 0.2) is 55.1 Å². The van der Waals surface area contributed by atoms with Crippen molar-refractivity contribution in [1.82, 2.24) is 14.8 Å². The Labute approximate surface area is 160 Å². The number of alkyl halides is 3. The Bertz CT molecular complexity index is 883. The average Bonchev–Trinajstić information content (AvgIpc) is 3.09. The van der Waals surface area contributed by atoms with Gasteiger partial charge in [-0.1, -0.05) is 30.8 Å². The SMILES string of the molecule is C=C(O)c1ccc(CN(C)c2ncn(/C(C)=C/C=C(\C)OC(F)(F)F)n2)cc1. The van der Waals surface area contributed by atoms with Gasteiger partial charge >= 0.3 is 6.36 Å². The molecule has 28 heavy (non-hydrogen) atoms. The molecule has 150 valence electrons. The van der Waals surface area contributed by atoms with Crippen LogP contribution in [-0.2, 0) is 11.3 Å². The zero-order chi connectivity index (χ0) is 20.9. The molecule has 0 aliphatic rings. The lowest BCUT2D eigenvalue weighted by Gasteiger charge is -2.15. The monoisotopic (exact) mass is 394 g/mol. The molecule has 0 fully saturated rings. The normalized spacial score (nSPS) is 12.8. The first-order valence-corrected chi connectivity index (χ1v) is 8.26. The number of rotatable bonds is 7. The molecule has 1 aromatic carbocycles. The number of nitrogens with zero attached hydrogens (tertiary/aromatic N) is 4. The van der Waals surface area contributed by atoms with Crippen molar-refractivity contribution in [2.75, 3.05) is 11.9 Å². The van der Waals surface area contributed by atoms with Crippen LogP contribution < -0.4 is 4.90 Å². The second-order valence-corrected chi connectivity index (χ2v) is 6.12. The molecular weight excluding hydrogens is 373 g/mol. The lowest BCUT2D eigenvalue weighted by molar-refractivity contribution is -0.305. The van der Waals surface area contributed by atoms with E-state index in [0.717, 1.165) is 5.56 Å². The molecule has 0 bridgehead atoms. The van der Waals surface area contributed by atoms with E-state index in [2.05, 4.69) is 21.4 Å². The second kappa shape index (κ2) is 8.64. The standard InChI is InChI=1S/C19H21F3N4O2/c1-13(5-6-14(2)28-19(20,21)22)26-12-23-18(24-26)25(4)11-16-7-9-17(10-8-16)15(3)27/h5-10,12,27H,3,11H2,1-2,4H3/b13-5+,14-6+. The van der Waals surface area contributed by atoms with Crippen LogP contribution in [0, 0.1) is 0 Å². The molecule has 0 atom stereocenters. The number of aliphatic hydroxyl groups excluding tert-OH is 1. The zero-order valence-corrected chi connectivity index (χ0v) is 15.7. The first-order chi connectivity index (χ1) is 13.0. The molecule has 0 aliphatic carbocycles. The Balaban J connectivity index is 2.04. The maximum Gasteiger partial charge on any atom is 0.572 e. The van der Waals surface area contributed by atoms with Gasteiger partial charge < -0.3 is 14.7 Å². The number of anilines is 1. The van der Waals surface area contributed by atoms with Crippen LogP contribution in [0.3, 0.4) is 0 Å². The van der Waals surface area contributed by atoms with Crippen molar-refractivity contribution < 1.29 is 23.0 Å². The predicted octanol–water partition coefficient (Wildman–Crippen LogP) is 4.74. The summed E-state index contributed by atoms with van der Waals surface area (Å²) >= 11 is 0. The molecule has 2 rings (SSSR count). The maximum atomic E-state index is 12.2. The van der Waals surface area contributed by atoms with Gasteiger partial charge in [-0.3, -0.25) is 0 Å². The van der Waals surface area contributed by atoms with Gasteiger partial charge in [-0.15, -0.1) is 18.3 Å². The minimum atomic E-state index is -4.71. The van der Waals surface area contributed by atoms with Gasteiger partial charge in [0, 0.05) is 24.9 Å². The molecule has 1 aromatic heterocycles. The van der Waals surface area contributed by atoms with Crippen molar-refractivity contribution in [3.05, 3.63) is 66.2 Å². The van der Waals surface area contributed by atoms with Crippen molar-refractivity contribution in [3.63, 3.8) is 0 Å². The number of halogens is 3. The highest BCUT2D eigenvalue weighted by atomic mass is 19.4. The Hall–Kier alpha value is -3.23. The molecule has 1 N–H and O–H groups in total. The Kier molecular flexibility index (Phi) is 6.50. The van der Waals surface area contributed by atoms with Crippen molar-refractivity contribution in [2.24, 2.45) is 0 Å². The van der Waals surface area contributed by atoms with Crippen LogP contribution in [0.1, 0.15) is 25.0 Å². The minimum absolute atomic E-state index is 0.00694. The summed E-state index contributed by atoms with van der Waals surface area (Å²) in [6.07, 6.45) is -0.567. The lowest BCUT2D eigenvalue weighted by atomic mass is 10.1. The van der Waals surface area contributed by atoms with Crippen molar-refractivity contribution in [2.45, 2.75) is 26.8 Å². The van der Waals surface area contributed by atoms with Crippen molar-refractivity contribution in [1.29, 1.82) is 0 Å². The summed E-state index contributed by atoms with van der Waals surface area (Å²) in [4.78, 5) is 6.04. The number of aromatic nitrogens is 3. The molecule has 0 saturated heterocycles. The smallest absolute Gasteiger partial charge is 0.508 e. The van der Waals surface area contributed by atoms with E-state index >= 15 is 0 Å². The number of hydrogen-bond donors (Lipinski definition) is 1. The molecule has 0 radical (unpaired) electrons. The maximum absolute atomic E-state index is 12.2. The third-order valence-electron chi connectivity index (χ3n) is 3.73. The third-order valence-corrected chi connectivity index (χ3v) is 3.73. The van der Waals surface area contributed by atoms with Gasteiger partial charge in [-0.05, 0) is 31.6 Å². The van der Waals surface area contributed by atoms with Gasteiger partial charge in [0.2, 0.25) is 5.95 Å². The molecular formula is C19H21F3N4O2. The molecule has 9 heteroatoms. The highest BCUT2D eigenvalue weighted by Gasteiger charge is 2.30. The average molecular weight is 394 g/mol. The van der Waals surface area contributed by atoms with Gasteiger partial charge in [-0.2, -0.15) is 4.98 Å². The largest absolute Gasteiger partial charge is 0.572 e. The third kappa shape index (κ3) is 6.19. The molecule has 0 saturated carbocycles. The van der Waals surface area contributed by atoms with E-state index in [9.17, 15) is 18.3 Å². The van der Waals surface area contributed by atoms with E-state index in [1.165, 1.54) is 30.1 Å². The highest BCUT2D eigenvalue weighted by molar-refractivity contribution is 5.56. The molecule has 0 unspecified atom stereocenters. The van der Waals surface area contributed by atoms with E-state index in [4.69, 9.17) is 0 Å². The molecule has 1 heterocycles. The number of benzene rings is 1. The summed E-state index contributed by atoms with van der Waals surface area (Å²) in [6.45, 7) is 6.91. The van der Waals surface area contributed by atoms with Gasteiger partial charge in [0.15, 0.2) is 0 Å². The summed E-state index contributed by atoms with van der Waals surface area (Å²) in [6, 6.07) is 7.26. The van der Waals surface area contributed by atoms with Gasteiger partial charge in [-0.25, -0.2) is 4.68 Å². The number of ether oxygens (including phenoxy) is 1. The van der Waals surface area contributed by atoms with E-state index in [0.29, 0.717) is 23.8 Å². The predicted molar refractivity (Wildman–Crippen MR) is 101 cm³/mol. The topological polar surface area (TPSA) is 63.4 Å². The van der Waals surface area contributed by atoms with E-state index in [1.54, 1.807) is 19.1 Å². The Morgan fingerprint density at radius 1 is 1.25 bits per heavy atom. The van der Waals surface area contributed by atoms with E-state index < -0.39 is 6.36 Å². The van der Waals surface area contributed by atoms with Crippen LogP contribution >= 0.6 is 0 Å². The van der Waals surface area contributed by atoms with Crippen molar-refractivity contribution >= 4 is 17.4 Å². The van der Waals surface area contributed by atoms with Crippen molar-refractivity contribution in [3.8, 4) is 0 Å². The molecule has 2 aromatic rings. The van der Waals surface area contributed by atoms with Crippen LogP contribution in [0.25, 0.3) is 11.5 Å². The molecule has 0 amide bonds. The quantitative estimate of drug-likeness (QED) is 0.543. The number of aliphatic hydroxyl groups is 1. The first-order valence-electron chi connectivity index (χ1n) is 8.26. The summed E-state index contributed by atoms with van der Waals surface area (Å²) in [5.41, 5.74) is 2.20. The summed E-state index contributed by atoms with van der Waals surface area (Å²) in [7, 11) is 1.82. The van der Waals surface area contributed by atoms with Crippen LogP contribution in [-0.4, -0.2) is 33.3 Å². The molecule has 6 nitrogen and oxygen atoms in total. The van der Waals surface area contributed by atoms with E-state index in [1.807, 2.05) is 24.1 Å². The van der Waals surface area contributed by atoms with Crippen LogP contribution in [0.5, 0.6) is 0 Å². The van der Waals surface area contributed by atoms with Crippen LogP contribution in [0.2, 0.25) is 0 Å². The minimum Gasteiger partial charge on any atom is -0.508 e. The summed E-state index contributed by atoms with van der Waals surface area (Å²) in [5.74, 6) is 0.182. The summed E-state index contributed by atoms with van der Waals surface area (Å²) < 4.78 is 41.7. The second-order valence-electron chi connectivity index (χ2n) is 6.12. The van der Waals surface area contributed by atoms with Gasteiger partial charge in [0.25, 0.3) is 0 Å². The Morgan fingerprint density at radius 3 is 2.46 bits per heavy atom. The lowest BCUT2D eigenvalue weighted by Crippen LogP contribution is -2.18. The fourth-order valence-corrected chi connectivity index (χ4v) is 2.28. The summed E-state index contributed by atoms with van der Waals surface area (Å²) in [5, 5.41) is 13.7.